The summed E-state index contributed by atoms with van der Waals surface area (Å²) in [5.74, 6) is 2.34. The molecule has 8 nitrogen and oxygen atoms in total. The second kappa shape index (κ2) is 8.96. The molecule has 32 heavy (non-hydrogen) atoms. The van der Waals surface area contributed by atoms with Crippen LogP contribution in [0.15, 0.2) is 16.3 Å². The number of rotatable bonds is 6. The highest BCUT2D eigenvalue weighted by Crippen LogP contribution is 2.40. The Balaban J connectivity index is 1.47. The number of nitrogens with zero attached hydrogens (tertiary/aromatic N) is 3. The van der Waals surface area contributed by atoms with Crippen LogP contribution in [0.25, 0.3) is 10.2 Å². The number of morpholine rings is 1. The minimum Gasteiger partial charge on any atom is -0.379 e. The van der Waals surface area contributed by atoms with Crippen LogP contribution in [0.1, 0.15) is 34.5 Å². The molecule has 1 atom stereocenters. The lowest BCUT2D eigenvalue weighted by Crippen LogP contribution is -2.36. The van der Waals surface area contributed by atoms with Crippen molar-refractivity contribution in [1.29, 1.82) is 0 Å². The molecule has 0 unspecified atom stereocenters. The van der Waals surface area contributed by atoms with Gasteiger partial charge in [-0.05, 0) is 42.9 Å². The maximum atomic E-state index is 11.6. The second-order valence-corrected chi connectivity index (χ2v) is 12.6. The Bertz CT molecular complexity index is 1230. The van der Waals surface area contributed by atoms with Gasteiger partial charge in [-0.25, -0.2) is 23.5 Å². The van der Waals surface area contributed by atoms with Crippen LogP contribution in [-0.2, 0) is 40.7 Å². The molecule has 4 heterocycles. The van der Waals surface area contributed by atoms with Gasteiger partial charge >= 0.3 is 0 Å². The molecule has 2 aliphatic rings. The van der Waals surface area contributed by atoms with Gasteiger partial charge in [0.2, 0.25) is 10.0 Å². The van der Waals surface area contributed by atoms with E-state index >= 15 is 0 Å². The normalized spacial score (nSPS) is 19.9. The van der Waals surface area contributed by atoms with Gasteiger partial charge in [0.25, 0.3) is 0 Å². The third-order valence-corrected chi connectivity index (χ3v) is 9.69. The fraction of sp³-hybridized carbons (Fsp3) is 0.524. The summed E-state index contributed by atoms with van der Waals surface area (Å²) in [6.45, 7) is 6.74. The van der Waals surface area contributed by atoms with Crippen molar-refractivity contribution >= 4 is 48.7 Å². The van der Waals surface area contributed by atoms with Crippen LogP contribution in [0.5, 0.6) is 0 Å². The third-order valence-electron chi connectivity index (χ3n) is 6.02. The number of anilines is 1. The number of nitrogens with one attached hydrogen (secondary N) is 1. The summed E-state index contributed by atoms with van der Waals surface area (Å²) in [5, 5.41) is 9.87. The van der Waals surface area contributed by atoms with Crippen LogP contribution in [0.2, 0.25) is 0 Å². The topological polar surface area (TPSA) is 110 Å². The molecule has 0 saturated carbocycles. The quantitative estimate of drug-likeness (QED) is 0.543. The molecule has 1 saturated heterocycles. The van der Waals surface area contributed by atoms with Crippen molar-refractivity contribution in [3.63, 3.8) is 0 Å². The van der Waals surface area contributed by atoms with E-state index in [9.17, 15) is 8.42 Å². The van der Waals surface area contributed by atoms with Gasteiger partial charge in [0, 0.05) is 22.8 Å². The zero-order valence-electron chi connectivity index (χ0n) is 18.0. The minimum atomic E-state index is -3.68. The van der Waals surface area contributed by atoms with Crippen LogP contribution < -0.4 is 10.5 Å². The second-order valence-electron chi connectivity index (χ2n) is 8.53. The van der Waals surface area contributed by atoms with Crippen LogP contribution in [0.4, 0.5) is 5.82 Å². The van der Waals surface area contributed by atoms with Crippen molar-refractivity contribution in [1.82, 2.24) is 14.9 Å². The minimum absolute atomic E-state index is 0.178. The zero-order chi connectivity index (χ0) is 22.3. The lowest BCUT2D eigenvalue weighted by molar-refractivity contribution is 0.0331. The molecule has 5 rings (SSSR count). The average Bonchev–Trinajstić information content (AvgIpc) is 3.37. The summed E-state index contributed by atoms with van der Waals surface area (Å²) in [7, 11) is -3.68. The number of aryl methyl sites for hydroxylation is 1. The summed E-state index contributed by atoms with van der Waals surface area (Å²) in [6, 6.07) is 3.36. The molecular formula is C21H27N5O3S3. The monoisotopic (exact) mass is 493 g/mol. The smallest absolute Gasteiger partial charge is 0.247 e. The van der Waals surface area contributed by atoms with Crippen LogP contribution in [-0.4, -0.2) is 49.6 Å². The van der Waals surface area contributed by atoms with E-state index in [0.29, 0.717) is 19.0 Å². The van der Waals surface area contributed by atoms with E-state index in [1.807, 2.05) is 0 Å². The Morgan fingerprint density at radius 1 is 1.25 bits per heavy atom. The van der Waals surface area contributed by atoms with Crippen LogP contribution in [0.3, 0.4) is 0 Å². The van der Waals surface area contributed by atoms with Crippen molar-refractivity contribution in [3.05, 3.63) is 33.3 Å². The zero-order valence-corrected chi connectivity index (χ0v) is 20.4. The van der Waals surface area contributed by atoms with Gasteiger partial charge in [0.05, 0.1) is 31.7 Å². The molecule has 0 aromatic carbocycles. The van der Waals surface area contributed by atoms with E-state index in [1.165, 1.54) is 28.2 Å². The Labute approximate surface area is 195 Å². The van der Waals surface area contributed by atoms with Crippen molar-refractivity contribution in [2.75, 3.05) is 31.6 Å². The summed E-state index contributed by atoms with van der Waals surface area (Å²) >= 11 is 2.99. The van der Waals surface area contributed by atoms with Gasteiger partial charge in [-0.15, -0.1) is 22.7 Å². The summed E-state index contributed by atoms with van der Waals surface area (Å²) in [6.07, 6.45) is 3.32. The SMILES string of the molecule is C[C@@H]1CCc2c(sc3nc(CN4CCOCC4)nc(NCc4ccc(S(N)(=O)=O)s4)c23)C1. The van der Waals surface area contributed by atoms with Crippen molar-refractivity contribution in [3.8, 4) is 0 Å². The summed E-state index contributed by atoms with van der Waals surface area (Å²) in [5.41, 5.74) is 1.37. The van der Waals surface area contributed by atoms with E-state index < -0.39 is 10.0 Å². The molecular weight excluding hydrogens is 466 g/mol. The number of hydrogen-bond donors (Lipinski definition) is 2. The van der Waals surface area contributed by atoms with Gasteiger partial charge in [0.1, 0.15) is 20.7 Å². The Morgan fingerprint density at radius 3 is 2.81 bits per heavy atom. The lowest BCUT2D eigenvalue weighted by Gasteiger charge is -2.26. The summed E-state index contributed by atoms with van der Waals surface area (Å²) < 4.78 is 28.9. The largest absolute Gasteiger partial charge is 0.379 e. The Kier molecular flexibility index (Phi) is 6.21. The van der Waals surface area contributed by atoms with Crippen molar-refractivity contribution in [2.45, 2.75) is 43.5 Å². The van der Waals surface area contributed by atoms with Gasteiger partial charge in [-0.2, -0.15) is 0 Å². The molecule has 1 aliphatic heterocycles. The van der Waals surface area contributed by atoms with E-state index in [1.54, 1.807) is 23.5 Å². The van der Waals surface area contributed by atoms with E-state index in [2.05, 4.69) is 17.1 Å². The molecule has 1 aliphatic carbocycles. The summed E-state index contributed by atoms with van der Waals surface area (Å²) in [4.78, 5) is 15.6. The van der Waals surface area contributed by atoms with Crippen LogP contribution in [0, 0.1) is 5.92 Å². The Hall–Kier alpha value is -1.63. The number of aromatic nitrogens is 2. The highest BCUT2D eigenvalue weighted by atomic mass is 32.2. The first kappa shape index (κ1) is 22.2. The van der Waals surface area contributed by atoms with E-state index in [-0.39, 0.29) is 4.21 Å². The predicted octanol–water partition coefficient (Wildman–Crippen LogP) is 2.97. The molecule has 1 fully saturated rings. The molecule has 0 spiro atoms. The highest BCUT2D eigenvalue weighted by molar-refractivity contribution is 7.91. The molecule has 3 N–H and O–H groups in total. The fourth-order valence-corrected chi connectivity index (χ4v) is 7.44. The predicted molar refractivity (Wildman–Crippen MR) is 128 cm³/mol. The first-order valence-electron chi connectivity index (χ1n) is 10.8. The molecule has 11 heteroatoms. The number of hydrogen-bond acceptors (Lipinski definition) is 9. The molecule has 0 amide bonds. The van der Waals surface area contributed by atoms with Crippen LogP contribution >= 0.6 is 22.7 Å². The molecule has 172 valence electrons. The van der Waals surface area contributed by atoms with Crippen molar-refractivity contribution < 1.29 is 13.2 Å². The Morgan fingerprint density at radius 2 is 2.06 bits per heavy atom. The number of nitrogens with two attached hydrogens (primary N) is 1. The average molecular weight is 494 g/mol. The van der Waals surface area contributed by atoms with E-state index in [4.69, 9.17) is 19.8 Å². The molecule has 0 radical (unpaired) electrons. The van der Waals surface area contributed by atoms with Gasteiger partial charge in [0.15, 0.2) is 0 Å². The molecule has 3 aromatic rings. The standard InChI is InChI=1S/C21H27N5O3S3/c1-13-2-4-15-16(10-13)31-21-19(15)20(23-11-14-3-5-18(30-14)32(22,27)28)24-17(25-21)12-26-6-8-29-9-7-26/h3,5,13H,2,4,6-12H2,1H3,(H2,22,27,28)(H,23,24,25)/t13-/m1/s1. The number of thiophene rings is 2. The first-order valence-corrected chi connectivity index (χ1v) is 14.0. The highest BCUT2D eigenvalue weighted by Gasteiger charge is 2.25. The fourth-order valence-electron chi connectivity index (χ4n) is 4.32. The lowest BCUT2D eigenvalue weighted by atomic mass is 9.89. The molecule has 0 bridgehead atoms. The maximum absolute atomic E-state index is 11.6. The van der Waals surface area contributed by atoms with Gasteiger partial charge in [-0.1, -0.05) is 6.92 Å². The number of fused-ring (bicyclic) bond motifs is 3. The van der Waals surface area contributed by atoms with Crippen molar-refractivity contribution in [2.24, 2.45) is 11.1 Å². The van der Waals surface area contributed by atoms with Gasteiger partial charge in [-0.3, -0.25) is 4.90 Å². The van der Waals surface area contributed by atoms with E-state index in [0.717, 1.165) is 65.9 Å². The molecule has 3 aromatic heterocycles. The number of sulfonamides is 1. The first-order chi connectivity index (χ1) is 15.4. The third kappa shape index (κ3) is 4.68. The number of primary sulfonamides is 1. The number of ether oxygens (including phenoxy) is 1. The van der Waals surface area contributed by atoms with Gasteiger partial charge < -0.3 is 10.1 Å². The maximum Gasteiger partial charge on any atom is 0.247 e.